The van der Waals surface area contributed by atoms with E-state index in [1.54, 1.807) is 18.2 Å². The summed E-state index contributed by atoms with van der Waals surface area (Å²) in [6.45, 7) is 0.671. The van der Waals surface area contributed by atoms with Gasteiger partial charge in [0.15, 0.2) is 6.29 Å². The van der Waals surface area contributed by atoms with E-state index in [2.05, 4.69) is 5.32 Å². The van der Waals surface area contributed by atoms with Gasteiger partial charge in [-0.15, -0.1) is 0 Å². The standard InChI is InChI=1S/C13H13NO4/c15-12-8-4-3-5-9(11(8)13(16)14-12)18-10-6-1-2-7-17-10/h3-5,10H,1-2,6-7H2,(H,14,15,16). The highest BCUT2D eigenvalue weighted by Gasteiger charge is 2.31. The van der Waals surface area contributed by atoms with Crippen molar-refractivity contribution >= 4 is 11.8 Å². The van der Waals surface area contributed by atoms with Crippen molar-refractivity contribution in [2.24, 2.45) is 0 Å². The molecule has 1 atom stereocenters. The largest absolute Gasteiger partial charge is 0.464 e. The van der Waals surface area contributed by atoms with Gasteiger partial charge in [0.05, 0.1) is 17.7 Å². The lowest BCUT2D eigenvalue weighted by Crippen LogP contribution is -2.26. The Morgan fingerprint density at radius 2 is 2.11 bits per heavy atom. The van der Waals surface area contributed by atoms with Gasteiger partial charge < -0.3 is 9.47 Å². The molecular weight excluding hydrogens is 234 g/mol. The number of carbonyl (C=O) groups excluding carboxylic acids is 2. The molecule has 2 amide bonds. The number of benzene rings is 1. The van der Waals surface area contributed by atoms with E-state index >= 15 is 0 Å². The summed E-state index contributed by atoms with van der Waals surface area (Å²) in [4.78, 5) is 23.2. The van der Waals surface area contributed by atoms with Gasteiger partial charge in [-0.3, -0.25) is 14.9 Å². The molecule has 1 aromatic rings. The Kier molecular flexibility index (Phi) is 2.76. The zero-order valence-corrected chi connectivity index (χ0v) is 9.77. The number of imide groups is 1. The van der Waals surface area contributed by atoms with E-state index in [9.17, 15) is 9.59 Å². The van der Waals surface area contributed by atoms with Crippen molar-refractivity contribution in [2.75, 3.05) is 6.61 Å². The molecule has 0 aromatic heterocycles. The second-order valence-electron chi connectivity index (χ2n) is 4.38. The normalized spacial score (nSPS) is 22.6. The Balaban J connectivity index is 1.89. The number of hydrogen-bond acceptors (Lipinski definition) is 4. The van der Waals surface area contributed by atoms with Gasteiger partial charge in [-0.25, -0.2) is 0 Å². The number of fused-ring (bicyclic) bond motifs is 1. The van der Waals surface area contributed by atoms with Gasteiger partial charge in [0, 0.05) is 6.42 Å². The van der Waals surface area contributed by atoms with Crippen molar-refractivity contribution in [1.29, 1.82) is 0 Å². The molecule has 1 saturated heterocycles. The Labute approximate surface area is 104 Å². The third kappa shape index (κ3) is 1.86. The van der Waals surface area contributed by atoms with Crippen LogP contribution >= 0.6 is 0 Å². The van der Waals surface area contributed by atoms with Crippen LogP contribution in [0.2, 0.25) is 0 Å². The summed E-state index contributed by atoms with van der Waals surface area (Å²) in [5.74, 6) is -0.353. The first-order valence-corrected chi connectivity index (χ1v) is 6.02. The Morgan fingerprint density at radius 1 is 1.22 bits per heavy atom. The highest BCUT2D eigenvalue weighted by molar-refractivity contribution is 6.22. The fourth-order valence-electron chi connectivity index (χ4n) is 2.23. The van der Waals surface area contributed by atoms with E-state index in [0.29, 0.717) is 23.5 Å². The van der Waals surface area contributed by atoms with Crippen LogP contribution < -0.4 is 10.1 Å². The van der Waals surface area contributed by atoms with Crippen LogP contribution in [-0.2, 0) is 4.74 Å². The average Bonchev–Trinajstić information content (AvgIpc) is 2.67. The minimum absolute atomic E-state index is 0.316. The maximum atomic E-state index is 11.7. The van der Waals surface area contributed by atoms with Crippen molar-refractivity contribution in [2.45, 2.75) is 25.6 Å². The number of amides is 2. The molecule has 0 aliphatic carbocycles. The molecule has 0 spiro atoms. The van der Waals surface area contributed by atoms with E-state index < -0.39 is 5.91 Å². The van der Waals surface area contributed by atoms with Crippen molar-refractivity contribution < 1.29 is 19.1 Å². The minimum atomic E-state index is -0.401. The zero-order chi connectivity index (χ0) is 12.5. The van der Waals surface area contributed by atoms with Crippen LogP contribution in [0.4, 0.5) is 0 Å². The molecule has 0 radical (unpaired) electrons. The van der Waals surface area contributed by atoms with E-state index in [-0.39, 0.29) is 12.2 Å². The van der Waals surface area contributed by atoms with Crippen molar-refractivity contribution in [3.8, 4) is 5.75 Å². The lowest BCUT2D eigenvalue weighted by Gasteiger charge is -2.24. The number of rotatable bonds is 2. The summed E-state index contributed by atoms with van der Waals surface area (Å²) in [7, 11) is 0. The average molecular weight is 247 g/mol. The Morgan fingerprint density at radius 3 is 2.89 bits per heavy atom. The SMILES string of the molecule is O=C1NC(=O)c2c(OC3CCCCO3)cccc21. The third-order valence-electron chi connectivity index (χ3n) is 3.12. The van der Waals surface area contributed by atoms with Crippen LogP contribution in [0.3, 0.4) is 0 Å². The van der Waals surface area contributed by atoms with Crippen LogP contribution in [0.25, 0.3) is 0 Å². The van der Waals surface area contributed by atoms with Crippen molar-refractivity contribution in [3.63, 3.8) is 0 Å². The van der Waals surface area contributed by atoms with Crippen molar-refractivity contribution in [3.05, 3.63) is 29.3 Å². The molecule has 1 unspecified atom stereocenters. The van der Waals surface area contributed by atoms with Gasteiger partial charge in [-0.1, -0.05) is 6.07 Å². The first-order valence-electron chi connectivity index (χ1n) is 6.02. The first-order chi connectivity index (χ1) is 8.75. The predicted molar refractivity (Wildman–Crippen MR) is 62.5 cm³/mol. The van der Waals surface area contributed by atoms with Gasteiger partial charge in [0.1, 0.15) is 5.75 Å². The Hall–Kier alpha value is -1.88. The summed E-state index contributed by atoms with van der Waals surface area (Å²) < 4.78 is 11.1. The number of hydrogen-bond donors (Lipinski definition) is 1. The topological polar surface area (TPSA) is 64.6 Å². The summed E-state index contributed by atoms with van der Waals surface area (Å²) >= 11 is 0. The lowest BCUT2D eigenvalue weighted by molar-refractivity contribution is -0.106. The number of nitrogens with one attached hydrogen (secondary N) is 1. The maximum absolute atomic E-state index is 11.7. The van der Waals surface area contributed by atoms with Crippen LogP contribution in [0.5, 0.6) is 5.75 Å². The summed E-state index contributed by atoms with van der Waals surface area (Å²) in [6, 6.07) is 5.01. The van der Waals surface area contributed by atoms with Crippen LogP contribution in [0, 0.1) is 0 Å². The smallest absolute Gasteiger partial charge is 0.262 e. The molecule has 0 bridgehead atoms. The number of carbonyl (C=O) groups is 2. The molecule has 18 heavy (non-hydrogen) atoms. The summed E-state index contributed by atoms with van der Waals surface area (Å²) in [5.41, 5.74) is 0.685. The molecule has 94 valence electrons. The molecule has 3 rings (SSSR count). The minimum Gasteiger partial charge on any atom is -0.464 e. The second kappa shape index (κ2) is 4.42. The van der Waals surface area contributed by atoms with E-state index in [1.165, 1.54) is 0 Å². The molecule has 5 heteroatoms. The first kappa shape index (κ1) is 11.2. The third-order valence-corrected chi connectivity index (χ3v) is 3.12. The fourth-order valence-corrected chi connectivity index (χ4v) is 2.23. The molecule has 0 saturated carbocycles. The molecule has 1 fully saturated rings. The van der Waals surface area contributed by atoms with Crippen LogP contribution in [0.1, 0.15) is 40.0 Å². The predicted octanol–water partition coefficient (Wildman–Crippen LogP) is 1.48. The molecule has 1 N–H and O–H groups in total. The molecule has 2 heterocycles. The zero-order valence-electron chi connectivity index (χ0n) is 9.77. The van der Waals surface area contributed by atoms with E-state index in [1.807, 2.05) is 0 Å². The summed E-state index contributed by atoms with van der Waals surface area (Å²) in [6.07, 6.45) is 2.56. The van der Waals surface area contributed by atoms with Crippen molar-refractivity contribution in [1.82, 2.24) is 5.32 Å². The van der Waals surface area contributed by atoms with Crippen LogP contribution in [-0.4, -0.2) is 24.7 Å². The van der Waals surface area contributed by atoms with Gasteiger partial charge in [0.25, 0.3) is 11.8 Å². The van der Waals surface area contributed by atoms with Gasteiger partial charge in [-0.05, 0) is 25.0 Å². The highest BCUT2D eigenvalue weighted by Crippen LogP contribution is 2.28. The van der Waals surface area contributed by atoms with Gasteiger partial charge in [-0.2, -0.15) is 0 Å². The molecule has 1 aromatic carbocycles. The molecule has 5 nitrogen and oxygen atoms in total. The van der Waals surface area contributed by atoms with E-state index in [0.717, 1.165) is 19.3 Å². The fraction of sp³-hybridized carbons (Fsp3) is 0.385. The summed E-state index contributed by atoms with van der Waals surface area (Å²) in [5, 5.41) is 2.26. The lowest BCUT2D eigenvalue weighted by atomic mass is 10.1. The van der Waals surface area contributed by atoms with Gasteiger partial charge >= 0.3 is 0 Å². The maximum Gasteiger partial charge on any atom is 0.262 e. The quantitative estimate of drug-likeness (QED) is 0.804. The molecule has 2 aliphatic rings. The number of ether oxygens (including phenoxy) is 2. The van der Waals surface area contributed by atoms with Crippen LogP contribution in [0.15, 0.2) is 18.2 Å². The Bertz CT molecular complexity index is 506. The molecule has 2 aliphatic heterocycles. The monoisotopic (exact) mass is 247 g/mol. The van der Waals surface area contributed by atoms with Gasteiger partial charge in [0.2, 0.25) is 0 Å². The molecular formula is C13H13NO4. The second-order valence-corrected chi connectivity index (χ2v) is 4.38. The van der Waals surface area contributed by atoms with E-state index in [4.69, 9.17) is 9.47 Å². The highest BCUT2D eigenvalue weighted by atomic mass is 16.7.